The number of halogens is 4. The SMILES string of the molecule is N#Cc1ccc(Nc2cc(F)ccc2N)cc1C(F)(F)F. The van der Waals surface area contributed by atoms with Crippen LogP contribution in [0, 0.1) is 17.1 Å². The van der Waals surface area contributed by atoms with Crippen LogP contribution in [-0.4, -0.2) is 0 Å². The van der Waals surface area contributed by atoms with Gasteiger partial charge in [0.05, 0.1) is 28.6 Å². The van der Waals surface area contributed by atoms with E-state index in [4.69, 9.17) is 11.0 Å². The first kappa shape index (κ1) is 14.7. The summed E-state index contributed by atoms with van der Waals surface area (Å²) in [4.78, 5) is 0. The van der Waals surface area contributed by atoms with Gasteiger partial charge in [0.1, 0.15) is 5.82 Å². The maximum Gasteiger partial charge on any atom is 0.417 e. The minimum Gasteiger partial charge on any atom is -0.397 e. The van der Waals surface area contributed by atoms with Crippen molar-refractivity contribution in [1.82, 2.24) is 0 Å². The van der Waals surface area contributed by atoms with Gasteiger partial charge >= 0.3 is 6.18 Å². The second-order valence-electron chi connectivity index (χ2n) is 4.23. The molecule has 0 fully saturated rings. The topological polar surface area (TPSA) is 61.8 Å². The zero-order chi connectivity index (χ0) is 15.6. The first-order valence-corrected chi connectivity index (χ1v) is 5.74. The number of benzene rings is 2. The Kier molecular flexibility index (Phi) is 3.72. The molecule has 7 heteroatoms. The molecule has 2 aromatic carbocycles. The molecule has 0 radical (unpaired) electrons. The number of hydrogen-bond acceptors (Lipinski definition) is 3. The first-order valence-electron chi connectivity index (χ1n) is 5.74. The highest BCUT2D eigenvalue weighted by Gasteiger charge is 2.33. The summed E-state index contributed by atoms with van der Waals surface area (Å²) < 4.78 is 51.6. The summed E-state index contributed by atoms with van der Waals surface area (Å²) in [6, 6.07) is 8.10. The van der Waals surface area contributed by atoms with E-state index in [2.05, 4.69) is 5.32 Å². The average molecular weight is 295 g/mol. The lowest BCUT2D eigenvalue weighted by Crippen LogP contribution is -2.08. The molecule has 21 heavy (non-hydrogen) atoms. The van der Waals surface area contributed by atoms with Crippen LogP contribution in [0.4, 0.5) is 34.6 Å². The molecule has 0 heterocycles. The zero-order valence-corrected chi connectivity index (χ0v) is 10.5. The molecule has 0 aliphatic heterocycles. The van der Waals surface area contributed by atoms with Gasteiger partial charge in [-0.15, -0.1) is 0 Å². The van der Waals surface area contributed by atoms with Gasteiger partial charge < -0.3 is 11.1 Å². The van der Waals surface area contributed by atoms with Gasteiger partial charge in [-0.1, -0.05) is 0 Å². The van der Waals surface area contributed by atoms with Gasteiger partial charge in [-0.25, -0.2) is 4.39 Å². The van der Waals surface area contributed by atoms with E-state index in [1.165, 1.54) is 18.2 Å². The van der Waals surface area contributed by atoms with Crippen molar-refractivity contribution in [3.05, 3.63) is 53.3 Å². The average Bonchev–Trinajstić information content (AvgIpc) is 2.42. The fraction of sp³-hybridized carbons (Fsp3) is 0.0714. The Balaban J connectivity index is 2.42. The number of nitriles is 1. The highest BCUT2D eigenvalue weighted by molar-refractivity contribution is 5.73. The van der Waals surface area contributed by atoms with Crippen LogP contribution in [0.5, 0.6) is 0 Å². The number of nitrogens with zero attached hydrogens (tertiary/aromatic N) is 1. The molecule has 0 bridgehead atoms. The number of rotatable bonds is 2. The first-order chi connectivity index (χ1) is 9.81. The molecule has 3 nitrogen and oxygen atoms in total. The van der Waals surface area contributed by atoms with Crippen molar-refractivity contribution in [3.63, 3.8) is 0 Å². The molecule has 108 valence electrons. The molecule has 2 rings (SSSR count). The van der Waals surface area contributed by atoms with Gasteiger partial charge in [0, 0.05) is 5.69 Å². The molecular weight excluding hydrogens is 286 g/mol. The van der Waals surface area contributed by atoms with Crippen LogP contribution < -0.4 is 11.1 Å². The van der Waals surface area contributed by atoms with E-state index in [-0.39, 0.29) is 17.1 Å². The lowest BCUT2D eigenvalue weighted by Gasteiger charge is -2.13. The third-order valence-corrected chi connectivity index (χ3v) is 2.74. The van der Waals surface area contributed by atoms with Crippen molar-refractivity contribution in [3.8, 4) is 6.07 Å². The lowest BCUT2D eigenvalue weighted by molar-refractivity contribution is -0.137. The summed E-state index contributed by atoms with van der Waals surface area (Å²) in [5, 5.41) is 11.3. The Morgan fingerprint density at radius 2 is 1.81 bits per heavy atom. The molecule has 0 aromatic heterocycles. The van der Waals surface area contributed by atoms with Crippen molar-refractivity contribution >= 4 is 17.1 Å². The van der Waals surface area contributed by atoms with Gasteiger partial charge in [-0.3, -0.25) is 0 Å². The Morgan fingerprint density at radius 3 is 2.43 bits per heavy atom. The highest BCUT2D eigenvalue weighted by Crippen LogP contribution is 2.34. The second kappa shape index (κ2) is 5.32. The van der Waals surface area contributed by atoms with E-state index in [0.717, 1.165) is 24.3 Å². The molecular formula is C14H9F4N3. The number of nitrogens with one attached hydrogen (secondary N) is 1. The third-order valence-electron chi connectivity index (χ3n) is 2.74. The molecule has 0 aliphatic carbocycles. The standard InChI is InChI=1S/C14H9F4N3/c15-9-2-4-12(20)13(5-9)21-10-3-1-8(7-19)11(6-10)14(16,17)18/h1-6,21H,20H2. The normalized spacial score (nSPS) is 11.0. The number of hydrogen-bond donors (Lipinski definition) is 2. The van der Waals surface area contributed by atoms with Gasteiger partial charge in [0.25, 0.3) is 0 Å². The highest BCUT2D eigenvalue weighted by atomic mass is 19.4. The lowest BCUT2D eigenvalue weighted by atomic mass is 10.1. The largest absolute Gasteiger partial charge is 0.417 e. The molecule has 0 aliphatic rings. The Bertz CT molecular complexity index is 717. The summed E-state index contributed by atoms with van der Waals surface area (Å²) in [5.41, 5.74) is 4.45. The predicted molar refractivity (Wildman–Crippen MR) is 70.3 cm³/mol. The van der Waals surface area contributed by atoms with Crippen LogP contribution in [0.2, 0.25) is 0 Å². The smallest absolute Gasteiger partial charge is 0.397 e. The summed E-state index contributed by atoms with van der Waals surface area (Å²) in [6.07, 6.45) is -4.66. The van der Waals surface area contributed by atoms with Crippen LogP contribution in [0.1, 0.15) is 11.1 Å². The molecule has 0 spiro atoms. The summed E-state index contributed by atoms with van der Waals surface area (Å²) >= 11 is 0. The van der Waals surface area contributed by atoms with Gasteiger partial charge in [-0.2, -0.15) is 18.4 Å². The zero-order valence-electron chi connectivity index (χ0n) is 10.5. The van der Waals surface area contributed by atoms with E-state index in [1.54, 1.807) is 0 Å². The third kappa shape index (κ3) is 3.23. The number of nitrogens with two attached hydrogens (primary N) is 1. The fourth-order valence-electron chi connectivity index (χ4n) is 1.75. The fourth-order valence-corrected chi connectivity index (χ4v) is 1.75. The van der Waals surface area contributed by atoms with Crippen molar-refractivity contribution in [2.45, 2.75) is 6.18 Å². The Hall–Kier alpha value is -2.75. The Morgan fingerprint density at radius 1 is 1.10 bits per heavy atom. The molecule has 0 amide bonds. The molecule has 0 saturated carbocycles. The summed E-state index contributed by atoms with van der Waals surface area (Å²) in [6.45, 7) is 0. The van der Waals surface area contributed by atoms with E-state index < -0.39 is 23.1 Å². The van der Waals surface area contributed by atoms with Crippen molar-refractivity contribution in [2.75, 3.05) is 11.1 Å². The summed E-state index contributed by atoms with van der Waals surface area (Å²) in [7, 11) is 0. The number of alkyl halides is 3. The van der Waals surface area contributed by atoms with E-state index in [0.29, 0.717) is 0 Å². The maximum absolute atomic E-state index is 13.1. The van der Waals surface area contributed by atoms with Gasteiger partial charge in [0.15, 0.2) is 0 Å². The van der Waals surface area contributed by atoms with E-state index in [1.807, 2.05) is 0 Å². The quantitative estimate of drug-likeness (QED) is 0.649. The maximum atomic E-state index is 13.1. The predicted octanol–water partition coefficient (Wildman–Crippen LogP) is 4.04. The van der Waals surface area contributed by atoms with Crippen molar-refractivity contribution in [1.29, 1.82) is 5.26 Å². The van der Waals surface area contributed by atoms with Crippen LogP contribution >= 0.6 is 0 Å². The van der Waals surface area contributed by atoms with E-state index in [9.17, 15) is 17.6 Å². The minimum atomic E-state index is -4.66. The van der Waals surface area contributed by atoms with Crippen LogP contribution in [0.15, 0.2) is 36.4 Å². The van der Waals surface area contributed by atoms with Crippen LogP contribution in [0.25, 0.3) is 0 Å². The van der Waals surface area contributed by atoms with E-state index >= 15 is 0 Å². The molecule has 0 saturated heterocycles. The molecule has 2 aromatic rings. The van der Waals surface area contributed by atoms with Crippen molar-refractivity contribution in [2.24, 2.45) is 0 Å². The van der Waals surface area contributed by atoms with Crippen LogP contribution in [-0.2, 0) is 6.18 Å². The molecule has 0 unspecified atom stereocenters. The number of nitrogen functional groups attached to an aromatic ring is 1. The monoisotopic (exact) mass is 295 g/mol. The van der Waals surface area contributed by atoms with Crippen LogP contribution in [0.3, 0.4) is 0 Å². The molecule has 3 N–H and O–H groups in total. The van der Waals surface area contributed by atoms with Gasteiger partial charge in [0.2, 0.25) is 0 Å². The Labute approximate surface area is 117 Å². The van der Waals surface area contributed by atoms with Gasteiger partial charge in [-0.05, 0) is 36.4 Å². The minimum absolute atomic E-state index is 0.0543. The number of anilines is 3. The van der Waals surface area contributed by atoms with Crippen molar-refractivity contribution < 1.29 is 17.6 Å². The molecule has 0 atom stereocenters. The summed E-state index contributed by atoms with van der Waals surface area (Å²) in [5.74, 6) is -0.573. The second-order valence-corrected chi connectivity index (χ2v) is 4.23.